The largest absolute Gasteiger partial charge is 0.347 e. The Morgan fingerprint density at radius 1 is 1.00 bits per heavy atom. The summed E-state index contributed by atoms with van der Waals surface area (Å²) in [6, 6.07) is 19.1. The summed E-state index contributed by atoms with van der Waals surface area (Å²) in [5.41, 5.74) is 1.21. The SMILES string of the molecule is Cc1nc([C@@H]2CN(C(=O)C3(c4ccccc4)CCCC3)C[C@H]2NC(=O)c2ccccc2)n[nH]1. The Morgan fingerprint density at radius 3 is 2.30 bits per heavy atom. The van der Waals surface area contributed by atoms with Crippen molar-refractivity contribution >= 4 is 11.8 Å². The average molecular weight is 444 g/mol. The van der Waals surface area contributed by atoms with Gasteiger partial charge in [-0.1, -0.05) is 61.4 Å². The van der Waals surface area contributed by atoms with Gasteiger partial charge in [-0.15, -0.1) is 0 Å². The molecular formula is C26H29N5O2. The highest BCUT2D eigenvalue weighted by Crippen LogP contribution is 2.43. The number of hydrogen-bond donors (Lipinski definition) is 2. The minimum atomic E-state index is -0.487. The van der Waals surface area contributed by atoms with Crippen LogP contribution in [0.15, 0.2) is 60.7 Å². The lowest BCUT2D eigenvalue weighted by molar-refractivity contribution is -0.136. The Balaban J connectivity index is 1.43. The number of aromatic amines is 1. The third kappa shape index (κ3) is 4.03. The fourth-order valence-corrected chi connectivity index (χ4v) is 5.41. The lowest BCUT2D eigenvalue weighted by atomic mass is 9.77. The summed E-state index contributed by atoms with van der Waals surface area (Å²) in [5, 5.41) is 10.4. The van der Waals surface area contributed by atoms with Gasteiger partial charge in [-0.3, -0.25) is 14.7 Å². The van der Waals surface area contributed by atoms with Gasteiger partial charge in [-0.2, -0.15) is 5.10 Å². The van der Waals surface area contributed by atoms with E-state index in [4.69, 9.17) is 0 Å². The van der Waals surface area contributed by atoms with E-state index in [-0.39, 0.29) is 23.8 Å². The van der Waals surface area contributed by atoms with E-state index in [1.807, 2.05) is 48.2 Å². The predicted octanol–water partition coefficient (Wildman–Crippen LogP) is 3.35. The standard InChI is InChI=1S/C26H29N5O2/c1-18-27-23(30-29-18)21-16-31(17-22(21)28-24(32)19-10-4-2-5-11-19)25(33)26(14-8-9-15-26)20-12-6-3-7-13-20/h2-7,10-13,21-22H,8-9,14-17H2,1H3,(H,28,32)(H,27,29,30)/t21-,22-/m1/s1. The number of H-pyrrole nitrogens is 1. The van der Waals surface area contributed by atoms with E-state index in [0.29, 0.717) is 24.5 Å². The molecule has 2 heterocycles. The summed E-state index contributed by atoms with van der Waals surface area (Å²) < 4.78 is 0. The molecule has 2 aliphatic rings. The number of aromatic nitrogens is 3. The normalized spacial score (nSPS) is 21.8. The Bertz CT molecular complexity index is 1120. The van der Waals surface area contributed by atoms with Crippen molar-refractivity contribution in [1.29, 1.82) is 0 Å². The number of benzene rings is 2. The van der Waals surface area contributed by atoms with Crippen LogP contribution in [0.25, 0.3) is 0 Å². The molecule has 1 aliphatic heterocycles. The molecule has 1 aromatic heterocycles. The molecule has 1 aliphatic carbocycles. The molecule has 2 atom stereocenters. The van der Waals surface area contributed by atoms with Gasteiger partial charge in [-0.05, 0) is 37.5 Å². The topological polar surface area (TPSA) is 91.0 Å². The minimum Gasteiger partial charge on any atom is -0.347 e. The maximum atomic E-state index is 14.0. The number of carbonyl (C=O) groups is 2. The Kier molecular flexibility index (Phi) is 5.70. The molecule has 0 radical (unpaired) electrons. The van der Waals surface area contributed by atoms with Gasteiger partial charge in [0.05, 0.1) is 17.4 Å². The molecule has 2 N–H and O–H groups in total. The number of rotatable bonds is 5. The molecule has 7 heteroatoms. The van der Waals surface area contributed by atoms with E-state index in [2.05, 4.69) is 32.6 Å². The van der Waals surface area contributed by atoms with Gasteiger partial charge in [0.25, 0.3) is 5.91 Å². The molecule has 1 saturated carbocycles. The fraction of sp³-hybridized carbons (Fsp3) is 0.385. The van der Waals surface area contributed by atoms with Crippen LogP contribution in [0.1, 0.15) is 59.2 Å². The summed E-state index contributed by atoms with van der Waals surface area (Å²) in [6.07, 6.45) is 3.81. The Hall–Kier alpha value is -3.48. The smallest absolute Gasteiger partial charge is 0.251 e. The van der Waals surface area contributed by atoms with E-state index < -0.39 is 5.41 Å². The van der Waals surface area contributed by atoms with Crippen molar-refractivity contribution < 1.29 is 9.59 Å². The van der Waals surface area contributed by atoms with Crippen LogP contribution < -0.4 is 5.32 Å². The van der Waals surface area contributed by atoms with Gasteiger partial charge < -0.3 is 10.2 Å². The third-order valence-electron chi connectivity index (χ3n) is 7.10. The number of nitrogens with zero attached hydrogens (tertiary/aromatic N) is 3. The van der Waals surface area contributed by atoms with Crippen LogP contribution in [0.4, 0.5) is 0 Å². The second kappa shape index (κ2) is 8.81. The molecule has 7 nitrogen and oxygen atoms in total. The number of amides is 2. The first-order valence-electron chi connectivity index (χ1n) is 11.7. The first kappa shape index (κ1) is 21.4. The zero-order valence-corrected chi connectivity index (χ0v) is 18.8. The van der Waals surface area contributed by atoms with Crippen LogP contribution in [0.3, 0.4) is 0 Å². The third-order valence-corrected chi connectivity index (χ3v) is 7.10. The van der Waals surface area contributed by atoms with Crippen LogP contribution in [0, 0.1) is 6.92 Å². The average Bonchev–Trinajstić information content (AvgIpc) is 3.60. The maximum Gasteiger partial charge on any atom is 0.251 e. The highest BCUT2D eigenvalue weighted by molar-refractivity contribution is 5.94. The van der Waals surface area contributed by atoms with E-state index in [0.717, 1.165) is 37.1 Å². The van der Waals surface area contributed by atoms with Crippen molar-refractivity contribution in [2.75, 3.05) is 13.1 Å². The van der Waals surface area contributed by atoms with E-state index in [9.17, 15) is 9.59 Å². The highest BCUT2D eigenvalue weighted by Gasteiger charge is 2.49. The molecule has 1 saturated heterocycles. The quantitative estimate of drug-likeness (QED) is 0.633. The Morgan fingerprint density at radius 2 is 1.67 bits per heavy atom. The van der Waals surface area contributed by atoms with Crippen molar-refractivity contribution in [3.63, 3.8) is 0 Å². The summed E-state index contributed by atoms with van der Waals surface area (Å²) in [4.78, 5) is 33.4. The molecular weight excluding hydrogens is 414 g/mol. The molecule has 0 unspecified atom stereocenters. The molecule has 3 aromatic rings. The molecule has 2 fully saturated rings. The van der Waals surface area contributed by atoms with E-state index in [1.165, 1.54) is 0 Å². The minimum absolute atomic E-state index is 0.147. The van der Waals surface area contributed by atoms with E-state index >= 15 is 0 Å². The number of carbonyl (C=O) groups excluding carboxylic acids is 2. The summed E-state index contributed by atoms with van der Waals surface area (Å²) >= 11 is 0. The van der Waals surface area contributed by atoms with Crippen LogP contribution in [0.5, 0.6) is 0 Å². The number of hydrogen-bond acceptors (Lipinski definition) is 4. The fourth-order valence-electron chi connectivity index (χ4n) is 5.41. The van der Waals surface area contributed by atoms with E-state index in [1.54, 1.807) is 12.1 Å². The molecule has 0 spiro atoms. The zero-order valence-electron chi connectivity index (χ0n) is 18.8. The summed E-state index contributed by atoms with van der Waals surface area (Å²) in [6.45, 7) is 2.80. The monoisotopic (exact) mass is 443 g/mol. The molecule has 2 aromatic carbocycles. The predicted molar refractivity (Wildman–Crippen MR) is 125 cm³/mol. The van der Waals surface area contributed by atoms with Crippen molar-refractivity contribution in [1.82, 2.24) is 25.4 Å². The van der Waals surface area contributed by atoms with Crippen LogP contribution in [0.2, 0.25) is 0 Å². The van der Waals surface area contributed by atoms with Crippen molar-refractivity contribution in [2.24, 2.45) is 0 Å². The zero-order chi connectivity index (χ0) is 22.8. The van der Waals surface area contributed by atoms with Crippen LogP contribution >= 0.6 is 0 Å². The number of likely N-dealkylation sites (tertiary alicyclic amines) is 1. The first-order chi connectivity index (χ1) is 16.1. The van der Waals surface area contributed by atoms with Crippen molar-refractivity contribution in [3.8, 4) is 0 Å². The molecule has 5 rings (SSSR count). The van der Waals surface area contributed by atoms with Crippen LogP contribution in [-0.4, -0.2) is 51.0 Å². The maximum absolute atomic E-state index is 14.0. The van der Waals surface area contributed by atoms with Gasteiger partial charge >= 0.3 is 0 Å². The summed E-state index contributed by atoms with van der Waals surface area (Å²) in [5.74, 6) is 1.20. The van der Waals surface area contributed by atoms with Gasteiger partial charge in [0.15, 0.2) is 5.82 Å². The van der Waals surface area contributed by atoms with Gasteiger partial charge in [0.2, 0.25) is 5.91 Å². The number of aryl methyl sites for hydroxylation is 1. The summed E-state index contributed by atoms with van der Waals surface area (Å²) in [7, 11) is 0. The highest BCUT2D eigenvalue weighted by atomic mass is 16.2. The lowest BCUT2D eigenvalue weighted by Crippen LogP contribution is -2.46. The number of nitrogens with one attached hydrogen (secondary N) is 2. The van der Waals surface area contributed by atoms with Crippen LogP contribution in [-0.2, 0) is 10.2 Å². The van der Waals surface area contributed by atoms with Crippen molar-refractivity contribution in [3.05, 3.63) is 83.4 Å². The van der Waals surface area contributed by atoms with Crippen molar-refractivity contribution in [2.45, 2.75) is 50.0 Å². The van der Waals surface area contributed by atoms with Gasteiger partial charge in [0.1, 0.15) is 5.82 Å². The second-order valence-corrected chi connectivity index (χ2v) is 9.20. The molecule has 33 heavy (non-hydrogen) atoms. The Labute approximate surface area is 193 Å². The molecule has 170 valence electrons. The lowest BCUT2D eigenvalue weighted by Gasteiger charge is -2.33. The molecule has 0 bridgehead atoms. The molecule has 2 amide bonds. The second-order valence-electron chi connectivity index (χ2n) is 9.20. The van der Waals surface area contributed by atoms with Gasteiger partial charge in [0, 0.05) is 18.7 Å². The first-order valence-corrected chi connectivity index (χ1v) is 11.7. The van der Waals surface area contributed by atoms with Gasteiger partial charge in [-0.25, -0.2) is 4.98 Å².